The third-order valence-corrected chi connectivity index (χ3v) is 4.75. The minimum atomic E-state index is -0.602. The first-order valence-electron chi connectivity index (χ1n) is 8.02. The van der Waals surface area contributed by atoms with E-state index in [1.807, 2.05) is 19.1 Å². The van der Waals surface area contributed by atoms with Gasteiger partial charge in [-0.3, -0.25) is 4.98 Å². The summed E-state index contributed by atoms with van der Waals surface area (Å²) in [6.07, 6.45) is 1.82. The fourth-order valence-electron chi connectivity index (χ4n) is 3.45. The van der Waals surface area contributed by atoms with Crippen molar-refractivity contribution in [3.05, 3.63) is 65.0 Å². The van der Waals surface area contributed by atoms with Gasteiger partial charge in [-0.15, -0.1) is 0 Å². The Balaban J connectivity index is 1.67. The van der Waals surface area contributed by atoms with Gasteiger partial charge in [-0.1, -0.05) is 12.1 Å². The molecule has 4 nitrogen and oxygen atoms in total. The third-order valence-electron chi connectivity index (χ3n) is 4.75. The first-order chi connectivity index (χ1) is 11.6. The average Bonchev–Trinajstić information content (AvgIpc) is 3.03. The van der Waals surface area contributed by atoms with E-state index in [-0.39, 0.29) is 18.1 Å². The Kier molecular flexibility index (Phi) is 4.04. The number of nitrogens with zero attached hydrogens (tertiary/aromatic N) is 1. The molecule has 0 bridgehead atoms. The molecule has 2 fully saturated rings. The van der Waals surface area contributed by atoms with Gasteiger partial charge in [-0.05, 0) is 31.0 Å². The monoisotopic (exact) mass is 332 g/mol. The summed E-state index contributed by atoms with van der Waals surface area (Å²) in [6, 6.07) is 7.35. The normalized spacial score (nSPS) is 29.5. The van der Waals surface area contributed by atoms with E-state index in [1.54, 1.807) is 6.20 Å². The van der Waals surface area contributed by atoms with Gasteiger partial charge in [0.25, 0.3) is 0 Å². The molecule has 2 saturated heterocycles. The minimum absolute atomic E-state index is 0.153. The molecule has 0 saturated carbocycles. The summed E-state index contributed by atoms with van der Waals surface area (Å²) in [5.41, 5.74) is 5.16. The van der Waals surface area contributed by atoms with E-state index in [1.165, 1.54) is 12.1 Å². The van der Waals surface area contributed by atoms with Gasteiger partial charge in [0.1, 0.15) is 17.7 Å². The van der Waals surface area contributed by atoms with Crippen LogP contribution in [0.5, 0.6) is 0 Å². The Morgan fingerprint density at radius 2 is 2.08 bits per heavy atom. The highest BCUT2D eigenvalue weighted by Crippen LogP contribution is 2.44. The van der Waals surface area contributed by atoms with Crippen LogP contribution in [0.4, 0.5) is 8.78 Å². The Morgan fingerprint density at radius 1 is 1.21 bits per heavy atom. The maximum Gasteiger partial charge on any atom is 0.131 e. The Hall–Kier alpha value is -1.89. The fourth-order valence-corrected chi connectivity index (χ4v) is 3.45. The standard InChI is InChI=1S/C18H18F2N2O2/c1-10-2-3-11(8-21-10)16-6-12-9-23-22-17(12)18(24-16)14-5-4-13(19)7-15(14)20/h2-5,7-8,12,16-18,22H,6,9H2,1H3/t12-,16+,17?,18-/m0/s1. The van der Waals surface area contributed by atoms with E-state index in [2.05, 4.69) is 10.5 Å². The molecule has 24 heavy (non-hydrogen) atoms. The minimum Gasteiger partial charge on any atom is -0.364 e. The molecule has 0 radical (unpaired) electrons. The first kappa shape index (κ1) is 15.6. The van der Waals surface area contributed by atoms with Crippen molar-refractivity contribution in [2.45, 2.75) is 31.6 Å². The molecule has 0 amide bonds. The lowest BCUT2D eigenvalue weighted by Crippen LogP contribution is -2.41. The maximum atomic E-state index is 14.3. The summed E-state index contributed by atoms with van der Waals surface area (Å²) in [7, 11) is 0. The van der Waals surface area contributed by atoms with Crippen LogP contribution in [0.15, 0.2) is 36.5 Å². The number of benzene rings is 1. The number of hydroxylamine groups is 1. The lowest BCUT2D eigenvalue weighted by Gasteiger charge is -2.38. The molecule has 1 unspecified atom stereocenters. The molecular weight excluding hydrogens is 314 g/mol. The largest absolute Gasteiger partial charge is 0.364 e. The van der Waals surface area contributed by atoms with Crippen molar-refractivity contribution in [1.82, 2.24) is 10.5 Å². The molecule has 4 atom stereocenters. The number of aryl methyl sites for hydroxylation is 1. The molecule has 3 heterocycles. The van der Waals surface area contributed by atoms with Crippen LogP contribution in [0.3, 0.4) is 0 Å². The fraction of sp³-hybridized carbons (Fsp3) is 0.389. The molecule has 6 heteroatoms. The zero-order chi connectivity index (χ0) is 16.7. The summed E-state index contributed by atoms with van der Waals surface area (Å²) in [6.45, 7) is 2.47. The predicted molar refractivity (Wildman–Crippen MR) is 82.9 cm³/mol. The molecule has 0 aliphatic carbocycles. The van der Waals surface area contributed by atoms with Gasteiger partial charge >= 0.3 is 0 Å². The topological polar surface area (TPSA) is 43.4 Å². The van der Waals surface area contributed by atoms with Crippen molar-refractivity contribution in [3.8, 4) is 0 Å². The van der Waals surface area contributed by atoms with Crippen LogP contribution in [-0.2, 0) is 9.57 Å². The quantitative estimate of drug-likeness (QED) is 0.915. The number of fused-ring (bicyclic) bond motifs is 1. The van der Waals surface area contributed by atoms with Crippen LogP contribution in [0.2, 0.25) is 0 Å². The smallest absolute Gasteiger partial charge is 0.131 e. The van der Waals surface area contributed by atoms with Crippen LogP contribution in [0.1, 0.15) is 35.4 Å². The van der Waals surface area contributed by atoms with E-state index in [4.69, 9.17) is 9.57 Å². The summed E-state index contributed by atoms with van der Waals surface area (Å²) in [5, 5.41) is 0. The first-order valence-corrected chi connectivity index (χ1v) is 8.02. The van der Waals surface area contributed by atoms with E-state index >= 15 is 0 Å². The summed E-state index contributed by atoms with van der Waals surface area (Å²) in [5.74, 6) is -1.01. The molecule has 2 aliphatic heterocycles. The molecule has 1 aromatic carbocycles. The van der Waals surface area contributed by atoms with Crippen molar-refractivity contribution >= 4 is 0 Å². The van der Waals surface area contributed by atoms with Gasteiger partial charge in [0.2, 0.25) is 0 Å². The number of hydrogen-bond acceptors (Lipinski definition) is 4. The molecule has 0 spiro atoms. The third kappa shape index (κ3) is 2.81. The van der Waals surface area contributed by atoms with Gasteiger partial charge in [-0.25, -0.2) is 8.78 Å². The lowest BCUT2D eigenvalue weighted by atomic mass is 9.84. The summed E-state index contributed by atoms with van der Waals surface area (Å²) in [4.78, 5) is 9.68. The van der Waals surface area contributed by atoms with E-state index in [0.717, 1.165) is 23.7 Å². The molecule has 2 aliphatic rings. The Morgan fingerprint density at radius 3 is 2.83 bits per heavy atom. The SMILES string of the molecule is Cc1ccc([C@H]2C[C@H]3CONC3[C@H](c3ccc(F)cc3F)O2)cn1. The Labute approximate surface area is 138 Å². The van der Waals surface area contributed by atoms with Crippen molar-refractivity contribution < 1.29 is 18.4 Å². The van der Waals surface area contributed by atoms with Crippen molar-refractivity contribution in [1.29, 1.82) is 0 Å². The number of aromatic nitrogens is 1. The zero-order valence-electron chi connectivity index (χ0n) is 13.2. The molecular formula is C18H18F2N2O2. The maximum absolute atomic E-state index is 14.3. The van der Waals surface area contributed by atoms with Crippen LogP contribution in [0.25, 0.3) is 0 Å². The van der Waals surface area contributed by atoms with Crippen molar-refractivity contribution in [2.75, 3.05) is 6.61 Å². The molecule has 1 aromatic heterocycles. The molecule has 1 N–H and O–H groups in total. The second-order valence-electron chi connectivity index (χ2n) is 6.39. The van der Waals surface area contributed by atoms with Crippen LogP contribution >= 0.6 is 0 Å². The van der Waals surface area contributed by atoms with Crippen LogP contribution < -0.4 is 5.48 Å². The molecule has 4 rings (SSSR count). The number of pyridine rings is 1. The number of halogens is 2. The number of hydrogen-bond donors (Lipinski definition) is 1. The van der Waals surface area contributed by atoms with Crippen LogP contribution in [0, 0.1) is 24.5 Å². The van der Waals surface area contributed by atoms with Gasteiger partial charge in [-0.2, -0.15) is 5.48 Å². The van der Waals surface area contributed by atoms with Crippen LogP contribution in [-0.4, -0.2) is 17.6 Å². The second kappa shape index (κ2) is 6.20. The van der Waals surface area contributed by atoms with Crippen molar-refractivity contribution in [2.24, 2.45) is 5.92 Å². The number of rotatable bonds is 2. The highest BCUT2D eigenvalue weighted by molar-refractivity contribution is 5.25. The molecule has 126 valence electrons. The van der Waals surface area contributed by atoms with Gasteiger partial charge in [0.15, 0.2) is 0 Å². The number of ether oxygens (including phenoxy) is 1. The van der Waals surface area contributed by atoms with Gasteiger partial charge < -0.3 is 9.57 Å². The number of nitrogens with one attached hydrogen (secondary N) is 1. The second-order valence-corrected chi connectivity index (χ2v) is 6.39. The lowest BCUT2D eigenvalue weighted by molar-refractivity contribution is -0.0905. The predicted octanol–water partition coefficient (Wildman–Crippen LogP) is 3.39. The molecule has 2 aromatic rings. The van der Waals surface area contributed by atoms with Crippen molar-refractivity contribution in [3.63, 3.8) is 0 Å². The van der Waals surface area contributed by atoms with E-state index in [0.29, 0.717) is 12.2 Å². The summed E-state index contributed by atoms with van der Waals surface area (Å²) >= 11 is 0. The van der Waals surface area contributed by atoms with Gasteiger partial charge in [0, 0.05) is 29.4 Å². The van der Waals surface area contributed by atoms with Gasteiger partial charge in [0.05, 0.1) is 18.8 Å². The highest BCUT2D eigenvalue weighted by atomic mass is 19.1. The summed E-state index contributed by atoms with van der Waals surface area (Å²) < 4.78 is 33.7. The van der Waals surface area contributed by atoms with E-state index < -0.39 is 17.7 Å². The van der Waals surface area contributed by atoms with E-state index in [9.17, 15) is 8.78 Å². The average molecular weight is 332 g/mol. The Bertz CT molecular complexity index is 738. The zero-order valence-corrected chi connectivity index (χ0v) is 13.2. The highest BCUT2D eigenvalue weighted by Gasteiger charge is 2.44.